The Labute approximate surface area is 153 Å². The van der Waals surface area contributed by atoms with Crippen molar-refractivity contribution in [2.24, 2.45) is 0 Å². The maximum Gasteiger partial charge on any atom is 0.259 e. The Kier molecular flexibility index (Phi) is 5.03. The van der Waals surface area contributed by atoms with Gasteiger partial charge in [0, 0.05) is 5.02 Å². The van der Waals surface area contributed by atoms with Crippen molar-refractivity contribution in [2.45, 2.75) is 0 Å². The van der Waals surface area contributed by atoms with Crippen LogP contribution in [0.2, 0.25) is 5.02 Å². The van der Waals surface area contributed by atoms with Crippen LogP contribution in [0.5, 0.6) is 5.75 Å². The van der Waals surface area contributed by atoms with Crippen molar-refractivity contribution < 1.29 is 4.74 Å². The van der Waals surface area contributed by atoms with E-state index >= 15 is 0 Å². The molecule has 0 aliphatic rings. The Morgan fingerprint density at radius 3 is 2.76 bits per heavy atom. The van der Waals surface area contributed by atoms with Crippen molar-refractivity contribution in [3.63, 3.8) is 0 Å². The number of ether oxygens (including phenoxy) is 1. The topological polar surface area (TPSA) is 78.8 Å². The number of nitrogens with zero attached hydrogens (tertiary/aromatic N) is 2. The van der Waals surface area contributed by atoms with Crippen molar-refractivity contribution in [3.8, 4) is 11.8 Å². The van der Waals surface area contributed by atoms with Crippen LogP contribution in [0.4, 0.5) is 0 Å². The van der Waals surface area contributed by atoms with Gasteiger partial charge in [0.15, 0.2) is 12.4 Å². The second-order valence-corrected chi connectivity index (χ2v) is 5.93. The number of halogens is 2. The molecule has 0 atom stereocenters. The van der Waals surface area contributed by atoms with Crippen LogP contribution in [0, 0.1) is 11.3 Å². The fourth-order valence-electron chi connectivity index (χ4n) is 2.22. The van der Waals surface area contributed by atoms with E-state index in [1.165, 1.54) is 0 Å². The molecule has 0 spiro atoms. The maximum absolute atomic E-state index is 12.1. The van der Waals surface area contributed by atoms with Crippen molar-refractivity contribution in [2.75, 3.05) is 6.61 Å². The first-order valence-corrected chi connectivity index (χ1v) is 7.99. The molecule has 25 heavy (non-hydrogen) atoms. The first kappa shape index (κ1) is 17.0. The molecule has 0 saturated carbocycles. The molecule has 1 aromatic heterocycles. The smallest absolute Gasteiger partial charge is 0.259 e. The minimum Gasteiger partial charge on any atom is -0.479 e. The van der Waals surface area contributed by atoms with Gasteiger partial charge in [-0.25, -0.2) is 4.98 Å². The molecule has 0 bridgehead atoms. The van der Waals surface area contributed by atoms with Gasteiger partial charge in [-0.1, -0.05) is 35.3 Å². The highest BCUT2D eigenvalue weighted by Crippen LogP contribution is 2.22. The molecule has 0 unspecified atom stereocenters. The van der Waals surface area contributed by atoms with E-state index in [4.69, 9.17) is 33.2 Å². The van der Waals surface area contributed by atoms with Crippen LogP contribution in [0.1, 0.15) is 11.4 Å². The molecule has 5 nitrogen and oxygen atoms in total. The molecule has 0 saturated heterocycles. The Morgan fingerprint density at radius 2 is 2.04 bits per heavy atom. The van der Waals surface area contributed by atoms with E-state index in [9.17, 15) is 4.79 Å². The molecule has 0 fully saturated rings. The quantitative estimate of drug-likeness (QED) is 0.744. The van der Waals surface area contributed by atoms with E-state index in [-0.39, 0.29) is 23.0 Å². The van der Waals surface area contributed by atoms with Gasteiger partial charge in [-0.3, -0.25) is 4.79 Å². The van der Waals surface area contributed by atoms with E-state index < -0.39 is 0 Å². The summed E-state index contributed by atoms with van der Waals surface area (Å²) >= 11 is 12.2. The highest BCUT2D eigenvalue weighted by Gasteiger charge is 2.07. The van der Waals surface area contributed by atoms with Gasteiger partial charge in [0.1, 0.15) is 11.8 Å². The average molecular weight is 372 g/mol. The molecule has 0 radical (unpaired) electrons. The zero-order valence-electron chi connectivity index (χ0n) is 12.8. The molecule has 2 aromatic carbocycles. The summed E-state index contributed by atoms with van der Waals surface area (Å²) in [5, 5.41) is 9.71. The van der Waals surface area contributed by atoms with Gasteiger partial charge in [0.2, 0.25) is 0 Å². The van der Waals surface area contributed by atoms with Crippen LogP contribution in [0.25, 0.3) is 22.0 Å². The SMILES string of the molecule is N#CCOc1ccc(/C=C(\Cl)c2nc3cc(Cl)ccc3c(=O)[nH]2)cc1. The number of nitriles is 1. The molecule has 1 heterocycles. The summed E-state index contributed by atoms with van der Waals surface area (Å²) in [6.07, 6.45) is 1.67. The summed E-state index contributed by atoms with van der Waals surface area (Å²) in [5.41, 5.74) is 0.977. The van der Waals surface area contributed by atoms with Crippen molar-refractivity contribution in [1.82, 2.24) is 9.97 Å². The summed E-state index contributed by atoms with van der Waals surface area (Å²) in [6, 6.07) is 13.8. The lowest BCUT2D eigenvalue weighted by molar-refractivity contribution is 0.368. The number of aromatic amines is 1. The Hall–Kier alpha value is -2.81. The fraction of sp³-hybridized carbons (Fsp3) is 0.0556. The predicted octanol–water partition coefficient (Wildman–Crippen LogP) is 4.22. The second kappa shape index (κ2) is 7.39. The number of fused-ring (bicyclic) bond motifs is 1. The third-order valence-electron chi connectivity index (χ3n) is 3.37. The summed E-state index contributed by atoms with van der Waals surface area (Å²) in [7, 11) is 0. The standard InChI is InChI=1S/C18H11Cl2N3O2/c19-12-3-6-14-16(10-12)22-17(23-18(14)24)15(20)9-11-1-4-13(5-2-11)25-8-7-21/h1-6,9-10H,8H2,(H,22,23,24)/b15-9-. The van der Waals surface area contributed by atoms with E-state index in [1.807, 2.05) is 6.07 Å². The van der Waals surface area contributed by atoms with Gasteiger partial charge in [-0.15, -0.1) is 0 Å². The summed E-state index contributed by atoms with van der Waals surface area (Å²) in [5.74, 6) is 0.841. The lowest BCUT2D eigenvalue weighted by Gasteiger charge is -2.04. The van der Waals surface area contributed by atoms with Crippen LogP contribution < -0.4 is 10.3 Å². The fourth-order valence-corrected chi connectivity index (χ4v) is 2.60. The average Bonchev–Trinajstić information content (AvgIpc) is 2.60. The molecule has 3 rings (SSSR count). The van der Waals surface area contributed by atoms with Crippen molar-refractivity contribution >= 4 is 45.2 Å². The molecule has 0 amide bonds. The molecular weight excluding hydrogens is 361 g/mol. The first-order valence-electron chi connectivity index (χ1n) is 7.24. The molecule has 7 heteroatoms. The summed E-state index contributed by atoms with van der Waals surface area (Å²) in [4.78, 5) is 19.2. The zero-order valence-corrected chi connectivity index (χ0v) is 14.3. The maximum atomic E-state index is 12.1. The van der Waals surface area contributed by atoms with Crippen molar-refractivity contribution in [1.29, 1.82) is 5.26 Å². The third-order valence-corrected chi connectivity index (χ3v) is 3.89. The minimum atomic E-state index is -0.288. The Bertz CT molecular complexity index is 1050. The van der Waals surface area contributed by atoms with Crippen LogP contribution >= 0.6 is 23.2 Å². The van der Waals surface area contributed by atoms with Gasteiger partial charge in [-0.2, -0.15) is 5.26 Å². The number of H-pyrrole nitrogens is 1. The number of nitrogens with one attached hydrogen (secondary N) is 1. The minimum absolute atomic E-state index is 0.0131. The molecule has 124 valence electrons. The summed E-state index contributed by atoms with van der Waals surface area (Å²) in [6.45, 7) is -0.0131. The first-order chi connectivity index (χ1) is 12.1. The van der Waals surface area contributed by atoms with E-state index in [1.54, 1.807) is 48.5 Å². The lowest BCUT2D eigenvalue weighted by atomic mass is 10.2. The van der Waals surface area contributed by atoms with Gasteiger partial charge in [0.25, 0.3) is 5.56 Å². The molecule has 0 aliphatic heterocycles. The Balaban J connectivity index is 1.93. The molecular formula is C18H11Cl2N3O2. The third kappa shape index (κ3) is 4.00. The zero-order chi connectivity index (χ0) is 17.8. The second-order valence-electron chi connectivity index (χ2n) is 5.08. The number of hydrogen-bond acceptors (Lipinski definition) is 4. The summed E-state index contributed by atoms with van der Waals surface area (Å²) < 4.78 is 5.19. The normalized spacial score (nSPS) is 11.3. The van der Waals surface area contributed by atoms with Gasteiger partial charge >= 0.3 is 0 Å². The van der Waals surface area contributed by atoms with Gasteiger partial charge < -0.3 is 9.72 Å². The van der Waals surface area contributed by atoms with E-state index in [0.717, 1.165) is 5.56 Å². The molecule has 1 N–H and O–H groups in total. The van der Waals surface area contributed by atoms with Crippen molar-refractivity contribution in [3.05, 3.63) is 69.2 Å². The van der Waals surface area contributed by atoms with Crippen LogP contribution in [0.3, 0.4) is 0 Å². The highest BCUT2D eigenvalue weighted by atomic mass is 35.5. The molecule has 3 aromatic rings. The van der Waals surface area contributed by atoms with Gasteiger partial charge in [-0.05, 0) is 42.0 Å². The monoisotopic (exact) mass is 371 g/mol. The number of hydrogen-bond donors (Lipinski definition) is 1. The Morgan fingerprint density at radius 1 is 1.28 bits per heavy atom. The van der Waals surface area contributed by atoms with Crippen LogP contribution in [-0.2, 0) is 0 Å². The predicted molar refractivity (Wildman–Crippen MR) is 98.6 cm³/mol. The van der Waals surface area contributed by atoms with Gasteiger partial charge in [0.05, 0.1) is 15.9 Å². The largest absolute Gasteiger partial charge is 0.479 e. The van der Waals surface area contributed by atoms with E-state index in [0.29, 0.717) is 21.7 Å². The molecule has 0 aliphatic carbocycles. The van der Waals surface area contributed by atoms with E-state index in [2.05, 4.69) is 9.97 Å². The number of benzene rings is 2. The van der Waals surface area contributed by atoms with Crippen LogP contribution in [0.15, 0.2) is 47.3 Å². The number of aromatic nitrogens is 2. The number of rotatable bonds is 4. The highest BCUT2D eigenvalue weighted by molar-refractivity contribution is 6.50. The van der Waals surface area contributed by atoms with Crippen LogP contribution in [-0.4, -0.2) is 16.6 Å². The lowest BCUT2D eigenvalue weighted by Crippen LogP contribution is -2.10.